The molecular weight excluding hydrogens is 377 g/mol. The molecule has 2 amide bonds. The Morgan fingerprint density at radius 1 is 1.27 bits per heavy atom. The number of aliphatic hydroxyl groups is 1. The Morgan fingerprint density at radius 2 is 1.96 bits per heavy atom. The van der Waals surface area contributed by atoms with Crippen LogP contribution in [0, 0.1) is 0 Å². The number of anilines is 1. The summed E-state index contributed by atoms with van der Waals surface area (Å²) in [5.41, 5.74) is -3.64. The van der Waals surface area contributed by atoms with Crippen molar-refractivity contribution in [2.24, 2.45) is 0 Å². The van der Waals surface area contributed by atoms with Gasteiger partial charge in [-0.1, -0.05) is 11.6 Å². The number of carbonyl (C=O) groups excluding carboxylic acids is 2. The van der Waals surface area contributed by atoms with Crippen molar-refractivity contribution in [3.8, 4) is 0 Å². The van der Waals surface area contributed by atoms with E-state index in [1.165, 1.54) is 18.4 Å². The van der Waals surface area contributed by atoms with Crippen molar-refractivity contribution in [1.29, 1.82) is 0 Å². The molecule has 6 nitrogen and oxygen atoms in total. The Kier molecular flexibility index (Phi) is 5.62. The SMILES string of the molecule is C[C@@](O)(C(=O)Nc1ccc(C(=O)NCc2ccco2)cc1Cl)C(F)(F)F. The topological polar surface area (TPSA) is 91.6 Å². The maximum absolute atomic E-state index is 12.7. The zero-order valence-electron chi connectivity index (χ0n) is 13.4. The van der Waals surface area contributed by atoms with Crippen LogP contribution in [0.1, 0.15) is 23.0 Å². The molecule has 140 valence electrons. The number of hydrogen-bond donors (Lipinski definition) is 3. The molecule has 0 aliphatic heterocycles. The molecule has 1 heterocycles. The molecule has 10 heteroatoms. The van der Waals surface area contributed by atoms with Gasteiger partial charge < -0.3 is 20.2 Å². The molecule has 1 aromatic heterocycles. The molecule has 0 saturated carbocycles. The molecule has 3 N–H and O–H groups in total. The molecule has 0 aliphatic rings. The Morgan fingerprint density at radius 3 is 2.50 bits per heavy atom. The summed E-state index contributed by atoms with van der Waals surface area (Å²) in [6.45, 7) is 0.461. The van der Waals surface area contributed by atoms with Gasteiger partial charge in [0.2, 0.25) is 5.60 Å². The van der Waals surface area contributed by atoms with Gasteiger partial charge in [0.15, 0.2) is 0 Å². The summed E-state index contributed by atoms with van der Waals surface area (Å²) in [6.07, 6.45) is -3.71. The molecule has 1 atom stereocenters. The van der Waals surface area contributed by atoms with Gasteiger partial charge >= 0.3 is 6.18 Å². The quantitative estimate of drug-likeness (QED) is 0.731. The first-order chi connectivity index (χ1) is 12.0. The molecule has 26 heavy (non-hydrogen) atoms. The lowest BCUT2D eigenvalue weighted by Crippen LogP contribution is -2.52. The Balaban J connectivity index is 2.07. The Labute approximate surface area is 150 Å². The van der Waals surface area contributed by atoms with Crippen molar-refractivity contribution in [1.82, 2.24) is 5.32 Å². The number of benzene rings is 1. The van der Waals surface area contributed by atoms with Crippen LogP contribution in [0.3, 0.4) is 0 Å². The third-order valence-electron chi connectivity index (χ3n) is 3.48. The summed E-state index contributed by atoms with van der Waals surface area (Å²) in [7, 11) is 0. The third-order valence-corrected chi connectivity index (χ3v) is 3.79. The van der Waals surface area contributed by atoms with Crippen molar-refractivity contribution in [3.63, 3.8) is 0 Å². The number of hydrogen-bond acceptors (Lipinski definition) is 4. The average molecular weight is 391 g/mol. The monoisotopic (exact) mass is 390 g/mol. The first kappa shape index (κ1) is 19.8. The van der Waals surface area contributed by atoms with Gasteiger partial charge in [0.1, 0.15) is 5.76 Å². The molecule has 2 aromatic rings. The first-order valence-corrected chi connectivity index (χ1v) is 7.61. The van der Waals surface area contributed by atoms with Gasteiger partial charge in [-0.2, -0.15) is 13.2 Å². The lowest BCUT2D eigenvalue weighted by atomic mass is 10.1. The summed E-state index contributed by atoms with van der Waals surface area (Å²) in [5.74, 6) is -1.66. The maximum Gasteiger partial charge on any atom is 0.426 e. The summed E-state index contributed by atoms with van der Waals surface area (Å²) in [5, 5.41) is 13.6. The summed E-state index contributed by atoms with van der Waals surface area (Å²) < 4.78 is 43.0. The normalized spacial score (nSPS) is 13.8. The van der Waals surface area contributed by atoms with Gasteiger partial charge in [-0.25, -0.2) is 0 Å². The van der Waals surface area contributed by atoms with E-state index in [1.54, 1.807) is 12.1 Å². The molecule has 0 saturated heterocycles. The largest absolute Gasteiger partial charge is 0.467 e. The Bertz CT molecular complexity index is 804. The highest BCUT2D eigenvalue weighted by Crippen LogP contribution is 2.32. The van der Waals surface area contributed by atoms with E-state index in [-0.39, 0.29) is 22.8 Å². The highest BCUT2D eigenvalue weighted by molar-refractivity contribution is 6.34. The minimum atomic E-state index is -5.16. The van der Waals surface area contributed by atoms with Crippen LogP contribution in [0.2, 0.25) is 5.02 Å². The fourth-order valence-corrected chi connectivity index (χ4v) is 2.04. The number of rotatable bonds is 5. The van der Waals surface area contributed by atoms with Gasteiger partial charge in [-0.3, -0.25) is 9.59 Å². The molecule has 0 spiro atoms. The predicted molar refractivity (Wildman–Crippen MR) is 86.6 cm³/mol. The zero-order valence-corrected chi connectivity index (χ0v) is 14.1. The zero-order chi connectivity index (χ0) is 19.5. The molecule has 0 fully saturated rings. The molecule has 0 unspecified atom stereocenters. The number of furan rings is 1. The van der Waals surface area contributed by atoms with E-state index in [4.69, 9.17) is 16.0 Å². The average Bonchev–Trinajstić information content (AvgIpc) is 3.06. The van der Waals surface area contributed by atoms with Crippen molar-refractivity contribution in [3.05, 3.63) is 52.9 Å². The van der Waals surface area contributed by atoms with Crippen LogP contribution in [-0.4, -0.2) is 28.7 Å². The van der Waals surface area contributed by atoms with Gasteiger partial charge in [0.05, 0.1) is 23.5 Å². The second-order valence-electron chi connectivity index (χ2n) is 5.48. The number of alkyl halides is 3. The third kappa shape index (κ3) is 4.36. The van der Waals surface area contributed by atoms with E-state index in [0.29, 0.717) is 12.7 Å². The van der Waals surface area contributed by atoms with Crippen molar-refractivity contribution in [2.45, 2.75) is 25.2 Å². The van der Waals surface area contributed by atoms with E-state index < -0.39 is 23.6 Å². The molecule has 0 radical (unpaired) electrons. The van der Waals surface area contributed by atoms with Gasteiger partial charge in [0.25, 0.3) is 11.8 Å². The Hall–Kier alpha value is -2.52. The predicted octanol–water partition coefficient (Wildman–Crippen LogP) is 3.11. The molecule has 0 aliphatic carbocycles. The fourth-order valence-electron chi connectivity index (χ4n) is 1.81. The summed E-state index contributed by atoms with van der Waals surface area (Å²) in [6, 6.07) is 6.93. The number of carbonyl (C=O) groups is 2. The van der Waals surface area contributed by atoms with Crippen LogP contribution >= 0.6 is 11.6 Å². The first-order valence-electron chi connectivity index (χ1n) is 7.23. The van der Waals surface area contributed by atoms with E-state index in [0.717, 1.165) is 6.07 Å². The maximum atomic E-state index is 12.7. The lowest BCUT2D eigenvalue weighted by Gasteiger charge is -2.25. The summed E-state index contributed by atoms with van der Waals surface area (Å²) in [4.78, 5) is 23.7. The van der Waals surface area contributed by atoms with E-state index in [2.05, 4.69) is 5.32 Å². The van der Waals surface area contributed by atoms with Crippen LogP contribution in [0.4, 0.5) is 18.9 Å². The van der Waals surface area contributed by atoms with Crippen molar-refractivity contribution in [2.75, 3.05) is 5.32 Å². The minimum Gasteiger partial charge on any atom is -0.467 e. The number of nitrogens with one attached hydrogen (secondary N) is 2. The number of halogens is 4. The second kappa shape index (κ2) is 7.38. The second-order valence-corrected chi connectivity index (χ2v) is 5.89. The van der Waals surface area contributed by atoms with E-state index in [1.807, 2.05) is 5.32 Å². The molecule has 2 rings (SSSR count). The smallest absolute Gasteiger partial charge is 0.426 e. The van der Waals surface area contributed by atoms with Gasteiger partial charge in [0, 0.05) is 5.56 Å². The van der Waals surface area contributed by atoms with Crippen molar-refractivity contribution >= 4 is 29.1 Å². The van der Waals surface area contributed by atoms with Gasteiger partial charge in [-0.15, -0.1) is 0 Å². The lowest BCUT2D eigenvalue weighted by molar-refractivity contribution is -0.242. The summed E-state index contributed by atoms with van der Waals surface area (Å²) >= 11 is 5.91. The highest BCUT2D eigenvalue weighted by Gasteiger charge is 2.55. The molecule has 0 bridgehead atoms. The molecular formula is C16H14ClF3N2O4. The van der Waals surface area contributed by atoms with E-state index in [9.17, 15) is 27.9 Å². The fraction of sp³-hybridized carbons (Fsp3) is 0.250. The highest BCUT2D eigenvalue weighted by atomic mass is 35.5. The van der Waals surface area contributed by atoms with Crippen LogP contribution in [-0.2, 0) is 11.3 Å². The van der Waals surface area contributed by atoms with Crippen LogP contribution < -0.4 is 10.6 Å². The van der Waals surface area contributed by atoms with Crippen LogP contribution in [0.15, 0.2) is 41.0 Å². The van der Waals surface area contributed by atoms with Crippen molar-refractivity contribution < 1.29 is 32.3 Å². The van der Waals surface area contributed by atoms with Gasteiger partial charge in [-0.05, 0) is 37.3 Å². The molecule has 1 aromatic carbocycles. The number of amides is 2. The minimum absolute atomic E-state index is 0.127. The van der Waals surface area contributed by atoms with Crippen LogP contribution in [0.5, 0.6) is 0 Å². The standard InChI is InChI=1S/C16H14ClF3N2O4/c1-15(25,16(18,19)20)14(24)22-12-5-4-9(7-11(12)17)13(23)21-8-10-3-2-6-26-10/h2-7,25H,8H2,1H3,(H,21,23)(H,22,24)/t15-/m1/s1. The van der Waals surface area contributed by atoms with E-state index >= 15 is 0 Å². The van der Waals surface area contributed by atoms with Crippen LogP contribution in [0.25, 0.3) is 0 Å².